The van der Waals surface area contributed by atoms with Crippen molar-refractivity contribution in [2.45, 2.75) is 143 Å². The minimum absolute atomic E-state index is 0.0271. The molecule has 3 unspecified atom stereocenters. The van der Waals surface area contributed by atoms with Crippen LogP contribution in [-0.4, -0.2) is 84.0 Å². The summed E-state index contributed by atoms with van der Waals surface area (Å²) in [5, 5.41) is 5.30. The first kappa shape index (κ1) is 48.5. The molecule has 0 bridgehead atoms. The number of ether oxygens (including phenoxy) is 1. The van der Waals surface area contributed by atoms with Gasteiger partial charge in [-0.1, -0.05) is 67.5 Å². The minimum Gasteiger partial charge on any atom is -0.447 e. The van der Waals surface area contributed by atoms with Crippen LogP contribution in [0.5, 0.6) is 0 Å². The van der Waals surface area contributed by atoms with Crippen LogP contribution in [0.15, 0.2) is 77.3 Å². The van der Waals surface area contributed by atoms with Crippen LogP contribution in [0.4, 0.5) is 5.69 Å². The highest BCUT2D eigenvalue weighted by Gasteiger charge is 2.43. The molecule has 3 heterocycles. The minimum atomic E-state index is -1.09. The lowest BCUT2D eigenvalue weighted by Gasteiger charge is -2.37. The van der Waals surface area contributed by atoms with Gasteiger partial charge in [-0.25, -0.2) is 4.67 Å². The van der Waals surface area contributed by atoms with Crippen molar-refractivity contribution in [1.82, 2.24) is 15.3 Å². The van der Waals surface area contributed by atoms with Crippen molar-refractivity contribution in [3.63, 3.8) is 0 Å². The van der Waals surface area contributed by atoms with Gasteiger partial charge >= 0.3 is 0 Å². The summed E-state index contributed by atoms with van der Waals surface area (Å²) in [6, 6.07) is 16.1. The van der Waals surface area contributed by atoms with Crippen molar-refractivity contribution in [3.8, 4) is 11.8 Å². The molecule has 0 aromatic heterocycles. The Morgan fingerprint density at radius 1 is 0.969 bits per heavy atom. The molecule has 4 amide bonds. The van der Waals surface area contributed by atoms with Gasteiger partial charge in [0.2, 0.25) is 17.7 Å². The topological polar surface area (TPSA) is 147 Å². The monoisotopic (exact) mass is 894 g/mol. The number of fused-ring (bicyclic) bond motifs is 2. The zero-order chi connectivity index (χ0) is 46.7. The van der Waals surface area contributed by atoms with E-state index in [-0.39, 0.29) is 54.2 Å². The van der Waals surface area contributed by atoms with Crippen LogP contribution >= 0.6 is 8.30 Å². The Kier molecular flexibility index (Phi) is 19.3. The average molecular weight is 895 g/mol. The molecule has 2 aromatic rings. The van der Waals surface area contributed by atoms with Crippen molar-refractivity contribution < 1.29 is 34.6 Å². The number of benzene rings is 2. The second kappa shape index (κ2) is 25.5. The maximum atomic E-state index is 13.4. The Hall–Kier alpha value is -4.95. The first-order valence-electron chi connectivity index (χ1n) is 23.8. The number of nitrogens with one attached hydrogen (secondary N) is 2. The van der Waals surface area contributed by atoms with Gasteiger partial charge in [0.05, 0.1) is 30.4 Å². The SMILES string of the molecule is [2H]C[C@H]1O[C@@H](C2C=C(/C=C/C(=O)NCCCCCCCC(=O)CCCCC(=O)N3Cc4ccccc4C#Cc4ccccc43)C(=O)NC2=O)CC1CP(OC=NCC)N(C(C)C)C(C)C. The molecule has 0 radical (unpaired) electrons. The third kappa shape index (κ3) is 14.8. The fraction of sp³-hybridized carbons (Fsp3) is 0.529. The molecule has 5 rings (SSSR count). The lowest BCUT2D eigenvalue weighted by Crippen LogP contribution is -2.44. The molecule has 0 saturated carbocycles. The molecule has 1 fully saturated rings. The number of imide groups is 1. The lowest BCUT2D eigenvalue weighted by atomic mass is 9.90. The van der Waals surface area contributed by atoms with Crippen molar-refractivity contribution in [2.24, 2.45) is 16.8 Å². The van der Waals surface area contributed by atoms with Gasteiger partial charge < -0.3 is 19.5 Å². The number of carbonyl (C=O) groups excluding carboxylic acids is 5. The smallest absolute Gasteiger partial charge is 0.257 e. The molecule has 12 nitrogen and oxygen atoms in total. The Morgan fingerprint density at radius 2 is 1.64 bits per heavy atom. The number of hydrogen-bond donors (Lipinski definition) is 2. The van der Waals surface area contributed by atoms with Crippen LogP contribution in [0.3, 0.4) is 0 Å². The number of nitrogens with zero attached hydrogens (tertiary/aromatic N) is 3. The number of aliphatic imine (C=N–C) groups is 1. The standard InChI is InChI=1S/C51H68N5O7P/c1-7-52-35-62-64(56(36(2)3)37(4)5)34-43-32-47(63-38(43)6)45-31-41(50(60)54-51(45)61)28-29-48(58)53-30-18-10-8-9-11-22-44(57)23-15-17-25-49(59)55-33-42-21-13-12-19-39(42)26-27-40-20-14-16-24-46(40)55/h12-14,16,19-21,24,28-29,31,35-38,43,45,47H,7-11,15,17-18,22-23,25,30,32-34H2,1-6H3,(H,53,58)(H,54,60,61)/b29-28+,52-35?/t38-,43?,45?,47-,64?/m1/s1/i6D. The molecule has 3 aliphatic rings. The maximum absolute atomic E-state index is 13.4. The molecule has 0 spiro atoms. The van der Waals surface area contributed by atoms with Crippen LogP contribution in [-0.2, 0) is 39.8 Å². The van der Waals surface area contributed by atoms with Gasteiger partial charge in [0.15, 0.2) is 14.7 Å². The van der Waals surface area contributed by atoms with Crippen LogP contribution in [0.2, 0.25) is 0 Å². The summed E-state index contributed by atoms with van der Waals surface area (Å²) in [7, 11) is -1.09. The lowest BCUT2D eigenvalue weighted by molar-refractivity contribution is -0.134. The number of ketones is 1. The van der Waals surface area contributed by atoms with E-state index < -0.39 is 32.1 Å². The number of hydrogen-bond acceptors (Lipinski definition) is 9. The van der Waals surface area contributed by atoms with Crippen molar-refractivity contribution >= 4 is 49.8 Å². The first-order valence-corrected chi connectivity index (χ1v) is 24.5. The number of amides is 4. The summed E-state index contributed by atoms with van der Waals surface area (Å²) in [4.78, 5) is 70.7. The zero-order valence-corrected chi connectivity index (χ0v) is 39.2. The van der Waals surface area contributed by atoms with Crippen LogP contribution in [0.25, 0.3) is 0 Å². The van der Waals surface area contributed by atoms with E-state index in [4.69, 9.17) is 10.6 Å². The van der Waals surface area contributed by atoms with Gasteiger partial charge in [-0.05, 0) is 109 Å². The third-order valence-corrected chi connectivity index (χ3v) is 14.3. The predicted octanol–water partition coefficient (Wildman–Crippen LogP) is 8.56. The van der Waals surface area contributed by atoms with Gasteiger partial charge in [0, 0.05) is 74.7 Å². The van der Waals surface area contributed by atoms with E-state index in [2.05, 4.69) is 59.8 Å². The largest absolute Gasteiger partial charge is 0.447 e. The van der Waals surface area contributed by atoms with E-state index in [0.717, 1.165) is 54.5 Å². The Labute approximate surface area is 383 Å². The fourth-order valence-electron chi connectivity index (χ4n) is 8.43. The number of Topliss-reactive ketones (excluding diaryl/α,β-unsaturated/α-hetero) is 1. The van der Waals surface area contributed by atoms with Gasteiger partial charge in [0.25, 0.3) is 5.91 Å². The normalized spacial score (nSPS) is 20.3. The third-order valence-electron chi connectivity index (χ3n) is 11.7. The van der Waals surface area contributed by atoms with Crippen molar-refractivity contribution in [2.75, 3.05) is 24.2 Å². The van der Waals surface area contributed by atoms with Gasteiger partial charge in [0.1, 0.15) is 5.78 Å². The number of rotatable bonds is 24. The number of para-hydroxylation sites is 1. The molecular formula is C51H68N5O7P. The molecule has 5 atom stereocenters. The van der Waals surface area contributed by atoms with Crippen molar-refractivity contribution in [1.29, 1.82) is 0 Å². The highest BCUT2D eigenvalue weighted by atomic mass is 31.2. The fourth-order valence-corrected chi connectivity index (χ4v) is 10.8. The molecule has 2 aromatic carbocycles. The molecule has 3 aliphatic heterocycles. The van der Waals surface area contributed by atoms with Crippen LogP contribution in [0.1, 0.15) is 130 Å². The predicted molar refractivity (Wildman–Crippen MR) is 255 cm³/mol. The van der Waals surface area contributed by atoms with Crippen LogP contribution in [0, 0.1) is 23.7 Å². The highest BCUT2D eigenvalue weighted by molar-refractivity contribution is 7.50. The number of unbranched alkanes of at least 4 members (excludes halogenated alkanes) is 5. The summed E-state index contributed by atoms with van der Waals surface area (Å²) in [6.45, 7) is 12.1. The van der Waals surface area contributed by atoms with Crippen LogP contribution < -0.4 is 15.5 Å². The van der Waals surface area contributed by atoms with E-state index >= 15 is 0 Å². The summed E-state index contributed by atoms with van der Waals surface area (Å²) < 4.78 is 23.1. The van der Waals surface area contributed by atoms with Gasteiger partial charge in [-0.15, -0.1) is 0 Å². The molecule has 0 aliphatic carbocycles. The summed E-state index contributed by atoms with van der Waals surface area (Å²) in [5.74, 6) is 4.61. The average Bonchev–Trinajstić information content (AvgIpc) is 3.68. The first-order chi connectivity index (χ1) is 31.4. The van der Waals surface area contributed by atoms with Gasteiger partial charge in [-0.3, -0.25) is 34.3 Å². The second-order valence-corrected chi connectivity index (χ2v) is 19.0. The maximum Gasteiger partial charge on any atom is 0.257 e. The highest BCUT2D eigenvalue weighted by Crippen LogP contribution is 2.49. The molecule has 64 heavy (non-hydrogen) atoms. The quantitative estimate of drug-likeness (QED) is 0.0203. The molecule has 344 valence electrons. The Balaban J connectivity index is 0.975. The Morgan fingerprint density at radius 3 is 2.39 bits per heavy atom. The van der Waals surface area contributed by atoms with E-state index in [9.17, 15) is 24.0 Å². The zero-order valence-electron chi connectivity index (χ0n) is 39.4. The summed E-state index contributed by atoms with van der Waals surface area (Å²) in [6.07, 6.45) is 13.2. The second-order valence-electron chi connectivity index (χ2n) is 17.3. The van der Waals surface area contributed by atoms with E-state index in [1.807, 2.05) is 60.4 Å². The van der Waals surface area contributed by atoms with Gasteiger partial charge in [-0.2, -0.15) is 0 Å². The Bertz CT molecular complexity index is 2100. The molecule has 2 N–H and O–H groups in total. The van der Waals surface area contributed by atoms with Crippen molar-refractivity contribution in [3.05, 3.63) is 89.0 Å². The summed E-state index contributed by atoms with van der Waals surface area (Å²) in [5.41, 5.74) is 3.81. The van der Waals surface area contributed by atoms with E-state index in [1.165, 1.54) is 18.6 Å². The van der Waals surface area contributed by atoms with E-state index in [1.54, 1.807) is 6.08 Å². The number of carbonyl (C=O) groups is 5. The molecule has 13 heteroatoms. The number of anilines is 1. The molecule has 1 saturated heterocycles. The molecular weight excluding hydrogens is 826 g/mol. The van der Waals surface area contributed by atoms with E-state index in [0.29, 0.717) is 64.3 Å². The summed E-state index contributed by atoms with van der Waals surface area (Å²) >= 11 is 0.